The molecule has 1 fully saturated rings. The van der Waals surface area contributed by atoms with E-state index in [0.29, 0.717) is 31.1 Å². The molecule has 2 aliphatic rings. The first kappa shape index (κ1) is 37.1. The summed E-state index contributed by atoms with van der Waals surface area (Å²) in [5.41, 5.74) is 5.08. The summed E-state index contributed by atoms with van der Waals surface area (Å²) in [4.78, 5) is 38.9. The number of fused-ring (bicyclic) bond motifs is 1. The zero-order chi connectivity index (χ0) is 38.2. The van der Waals surface area contributed by atoms with Crippen molar-refractivity contribution in [1.29, 1.82) is 0 Å². The second-order valence-corrected chi connectivity index (χ2v) is 14.5. The minimum Gasteiger partial charge on any atom is -0.475 e. The van der Waals surface area contributed by atoms with Gasteiger partial charge in [-0.3, -0.25) is 19.4 Å². The van der Waals surface area contributed by atoms with Crippen LogP contribution < -0.4 is 4.74 Å². The molecule has 3 aromatic heterocycles. The number of carbonyl (C=O) groups excluding carboxylic acids is 2. The molecule has 2 aliphatic heterocycles. The molecule has 0 bridgehead atoms. The minimum absolute atomic E-state index is 0.0171. The summed E-state index contributed by atoms with van der Waals surface area (Å²) in [6, 6.07) is 17.6. The lowest BCUT2D eigenvalue weighted by Gasteiger charge is -2.37. The lowest BCUT2D eigenvalue weighted by atomic mass is 9.85. The fraction of sp³-hybridized carbons (Fsp3) is 0.400. The number of likely N-dealkylation sites (tertiary alicyclic amines) is 1. The van der Waals surface area contributed by atoms with Crippen molar-refractivity contribution >= 4 is 28.2 Å². The Hall–Kier alpha value is -5.28. The van der Waals surface area contributed by atoms with E-state index in [1.165, 1.54) is 16.9 Å². The van der Waals surface area contributed by atoms with Crippen LogP contribution >= 0.6 is 0 Å². The largest absolute Gasteiger partial charge is 0.475 e. The van der Waals surface area contributed by atoms with Crippen molar-refractivity contribution in [2.45, 2.75) is 57.6 Å². The van der Waals surface area contributed by atoms with Gasteiger partial charge in [0.25, 0.3) is 5.91 Å². The first-order valence-electron chi connectivity index (χ1n) is 18.2. The Bertz CT molecular complexity index is 2190. The van der Waals surface area contributed by atoms with Gasteiger partial charge in [-0.2, -0.15) is 10.2 Å². The van der Waals surface area contributed by atoms with Crippen molar-refractivity contribution in [1.82, 2.24) is 39.7 Å². The fourth-order valence-electron chi connectivity index (χ4n) is 7.45. The summed E-state index contributed by atoms with van der Waals surface area (Å²) in [5, 5.41) is 35.4. The Balaban J connectivity index is 0.994. The lowest BCUT2D eigenvalue weighted by molar-refractivity contribution is -0.255. The molecule has 54 heavy (non-hydrogen) atoms. The quantitative estimate of drug-likeness (QED) is 0.158. The lowest BCUT2D eigenvalue weighted by Crippen LogP contribution is -2.61. The van der Waals surface area contributed by atoms with Gasteiger partial charge < -0.3 is 24.6 Å². The molecule has 0 radical (unpaired) electrons. The molecule has 5 heterocycles. The van der Waals surface area contributed by atoms with Gasteiger partial charge in [0.05, 0.1) is 11.6 Å². The Morgan fingerprint density at radius 1 is 1.00 bits per heavy atom. The van der Waals surface area contributed by atoms with Gasteiger partial charge in [-0.25, -0.2) is 14.9 Å². The standard InChI is InChI=1S/C40H46N8O6/c1-25(2)54-34-22-31(12-16-41-34)35-32-21-27(6-11-33(32)43-44-35)20-26(3)36(49)39(53-5)15-19-48(23-39)40(51,52)38(50)47-17-13-29(14-18-47)28-7-9-30(10-8-28)37-42-24-46(4)45-37/h6-13,16,21-22,24-26,51-52H,14-15,17-20,23H2,1-5H3,(H,43,44). The van der Waals surface area contributed by atoms with Crippen LogP contribution in [0.3, 0.4) is 0 Å². The van der Waals surface area contributed by atoms with Crippen LogP contribution in [0.4, 0.5) is 0 Å². The van der Waals surface area contributed by atoms with Crippen molar-refractivity contribution in [3.05, 3.63) is 84.3 Å². The number of Topliss-reactive ketones (excluding diaryl/α,β-unsaturated/α-hetero) is 1. The number of pyridine rings is 1. The van der Waals surface area contributed by atoms with E-state index in [1.807, 2.05) is 88.5 Å². The molecule has 3 N–H and O–H groups in total. The number of H-pyrrole nitrogens is 1. The monoisotopic (exact) mass is 734 g/mol. The number of aromatic nitrogens is 6. The van der Waals surface area contributed by atoms with Crippen LogP contribution in [-0.4, -0.2) is 113 Å². The summed E-state index contributed by atoms with van der Waals surface area (Å²) >= 11 is 0. The third-order valence-corrected chi connectivity index (χ3v) is 10.4. The molecular weight excluding hydrogens is 688 g/mol. The number of ketones is 1. The summed E-state index contributed by atoms with van der Waals surface area (Å²) in [6.07, 6.45) is 6.44. The van der Waals surface area contributed by atoms with E-state index in [0.717, 1.165) is 44.4 Å². The van der Waals surface area contributed by atoms with E-state index in [-0.39, 0.29) is 37.9 Å². The number of benzene rings is 2. The van der Waals surface area contributed by atoms with Crippen LogP contribution in [0.5, 0.6) is 5.88 Å². The number of aryl methyl sites for hydroxylation is 1. The molecule has 282 valence electrons. The van der Waals surface area contributed by atoms with Gasteiger partial charge in [0.2, 0.25) is 5.88 Å². The maximum Gasteiger partial charge on any atom is 0.309 e. The number of carbonyl (C=O) groups is 2. The van der Waals surface area contributed by atoms with Gasteiger partial charge in [-0.1, -0.05) is 43.3 Å². The molecule has 2 aromatic carbocycles. The number of ether oxygens (including phenoxy) is 2. The molecular formula is C40H46N8O6. The summed E-state index contributed by atoms with van der Waals surface area (Å²) in [7, 11) is 3.28. The predicted octanol–water partition coefficient (Wildman–Crippen LogP) is 4.00. The zero-order valence-corrected chi connectivity index (χ0v) is 31.2. The molecule has 7 rings (SSSR count). The maximum atomic E-state index is 14.1. The van der Waals surface area contributed by atoms with E-state index in [4.69, 9.17) is 9.47 Å². The Labute approximate surface area is 313 Å². The van der Waals surface area contributed by atoms with Crippen LogP contribution in [-0.2, 0) is 27.8 Å². The van der Waals surface area contributed by atoms with Gasteiger partial charge in [0, 0.05) is 75.0 Å². The van der Waals surface area contributed by atoms with Crippen molar-refractivity contribution < 1.29 is 29.3 Å². The Morgan fingerprint density at radius 3 is 2.46 bits per heavy atom. The fourth-order valence-corrected chi connectivity index (χ4v) is 7.45. The van der Waals surface area contributed by atoms with Crippen LogP contribution in [0.1, 0.15) is 44.7 Å². The van der Waals surface area contributed by atoms with Gasteiger partial charge in [0.1, 0.15) is 17.6 Å². The molecule has 14 nitrogen and oxygen atoms in total. The van der Waals surface area contributed by atoms with Crippen molar-refractivity contribution in [3.8, 4) is 28.5 Å². The number of nitrogens with zero attached hydrogens (tertiary/aromatic N) is 7. The molecule has 14 heteroatoms. The van der Waals surface area contributed by atoms with E-state index >= 15 is 0 Å². The minimum atomic E-state index is -2.80. The van der Waals surface area contributed by atoms with Crippen molar-refractivity contribution in [3.63, 3.8) is 0 Å². The third kappa shape index (κ3) is 7.29. The molecule has 0 saturated carbocycles. The number of rotatable bonds is 12. The number of aliphatic hydroxyl groups is 2. The highest BCUT2D eigenvalue weighted by molar-refractivity contribution is 5.94. The van der Waals surface area contributed by atoms with Crippen LogP contribution in [0.2, 0.25) is 0 Å². The SMILES string of the molecule is COC1(C(=O)C(C)Cc2ccc3[nH]nc(-c4ccnc(OC(C)C)c4)c3c2)CCN(C(O)(O)C(=O)N2CC=C(c3ccc(-c4ncn(C)n4)cc3)CC2)C1. The molecule has 5 aromatic rings. The Kier molecular flexibility index (Phi) is 10.2. The second-order valence-electron chi connectivity index (χ2n) is 14.5. The number of hydrogen-bond acceptors (Lipinski definition) is 11. The van der Waals surface area contributed by atoms with E-state index in [9.17, 15) is 19.8 Å². The average molecular weight is 735 g/mol. The number of aromatic amines is 1. The van der Waals surface area contributed by atoms with Crippen LogP contribution in [0.25, 0.3) is 39.1 Å². The summed E-state index contributed by atoms with van der Waals surface area (Å²) in [5.74, 6) is -3.10. The van der Waals surface area contributed by atoms with Gasteiger partial charge >= 0.3 is 5.91 Å². The molecule has 2 atom stereocenters. The third-order valence-electron chi connectivity index (χ3n) is 10.4. The highest BCUT2D eigenvalue weighted by Crippen LogP contribution is 2.35. The highest BCUT2D eigenvalue weighted by Gasteiger charge is 2.54. The topological polar surface area (TPSA) is 172 Å². The maximum absolute atomic E-state index is 14.1. The predicted molar refractivity (Wildman–Crippen MR) is 202 cm³/mol. The van der Waals surface area contributed by atoms with Gasteiger partial charge in [-0.05, 0) is 68.0 Å². The van der Waals surface area contributed by atoms with Gasteiger partial charge in [0.15, 0.2) is 11.6 Å². The first-order valence-corrected chi connectivity index (χ1v) is 18.2. The smallest absolute Gasteiger partial charge is 0.309 e. The van der Waals surface area contributed by atoms with E-state index in [2.05, 4.69) is 25.3 Å². The summed E-state index contributed by atoms with van der Waals surface area (Å²) < 4.78 is 13.3. The number of nitrogens with one attached hydrogen (secondary N) is 1. The highest BCUT2D eigenvalue weighted by atomic mass is 16.5. The number of amides is 1. The molecule has 1 amide bonds. The molecule has 2 unspecified atom stereocenters. The zero-order valence-electron chi connectivity index (χ0n) is 31.2. The average Bonchev–Trinajstić information content (AvgIpc) is 3.93. The van der Waals surface area contributed by atoms with Crippen LogP contribution in [0.15, 0.2) is 73.2 Å². The van der Waals surface area contributed by atoms with Crippen molar-refractivity contribution in [2.75, 3.05) is 33.3 Å². The first-order chi connectivity index (χ1) is 25.9. The number of hydrogen-bond donors (Lipinski definition) is 3. The number of methoxy groups -OCH3 is 1. The second kappa shape index (κ2) is 14.9. The normalized spacial score (nSPS) is 18.7. The van der Waals surface area contributed by atoms with E-state index in [1.54, 1.807) is 17.2 Å². The molecule has 0 spiro atoms. The Morgan fingerprint density at radius 2 is 1.78 bits per heavy atom. The van der Waals surface area contributed by atoms with Crippen molar-refractivity contribution in [2.24, 2.45) is 13.0 Å². The van der Waals surface area contributed by atoms with Crippen LogP contribution in [0, 0.1) is 5.92 Å². The summed E-state index contributed by atoms with van der Waals surface area (Å²) in [6.45, 7) is 6.23. The molecule has 0 aliphatic carbocycles. The van der Waals surface area contributed by atoms with Gasteiger partial charge in [-0.15, -0.1) is 0 Å². The molecule has 1 saturated heterocycles. The van der Waals surface area contributed by atoms with E-state index < -0.39 is 23.3 Å².